The number of unbranched alkanes of at least 4 members (excludes halogenated alkanes) is 4. The Balaban J connectivity index is -0.00000160. The van der Waals surface area contributed by atoms with Crippen molar-refractivity contribution in [3.8, 4) is 0 Å². The Bertz CT molecular complexity index is 756. The summed E-state index contributed by atoms with van der Waals surface area (Å²) < 4.78 is 46.2. The van der Waals surface area contributed by atoms with E-state index in [1.807, 2.05) is 6.92 Å². The van der Waals surface area contributed by atoms with Crippen molar-refractivity contribution in [2.45, 2.75) is 65.7 Å². The summed E-state index contributed by atoms with van der Waals surface area (Å²) in [6.07, 6.45) is 3.91. The maximum absolute atomic E-state index is 13.0. The van der Waals surface area contributed by atoms with Crippen molar-refractivity contribution in [3.05, 3.63) is 24.3 Å². The van der Waals surface area contributed by atoms with Gasteiger partial charge >= 0.3 is 41.0 Å². The largest absolute Gasteiger partial charge is 2.00 e. The summed E-state index contributed by atoms with van der Waals surface area (Å²) >= 11 is 0. The van der Waals surface area contributed by atoms with Crippen LogP contribution in [0.15, 0.2) is 24.3 Å². The van der Waals surface area contributed by atoms with Crippen LogP contribution in [0.1, 0.15) is 68.6 Å². The molecule has 11 heteroatoms. The van der Waals surface area contributed by atoms with Gasteiger partial charge in [-0.05, 0) is 33.1 Å². The number of carbonyl (C=O) groups is 3. The molecule has 188 valence electrons. The van der Waals surface area contributed by atoms with Gasteiger partial charge in [0.1, 0.15) is 18.6 Å². The average molecular weight is 503 g/mol. The van der Waals surface area contributed by atoms with Gasteiger partial charge in [-0.2, -0.15) is 8.42 Å². The van der Waals surface area contributed by atoms with Crippen molar-refractivity contribution < 1.29 is 44.4 Å². The van der Waals surface area contributed by atoms with Gasteiger partial charge in [0.15, 0.2) is 0 Å². The molecule has 0 aliphatic rings. The fraction of sp³-hybridized carbons (Fsp3) is 0.682. The molecule has 1 N–H and O–H groups in total. The third-order valence-corrected chi connectivity index (χ3v) is 5.43. The van der Waals surface area contributed by atoms with Gasteiger partial charge in [0, 0.05) is 11.1 Å². The van der Waals surface area contributed by atoms with E-state index >= 15 is 0 Å². The van der Waals surface area contributed by atoms with Gasteiger partial charge in [-0.1, -0.05) is 45.8 Å². The van der Waals surface area contributed by atoms with Crippen molar-refractivity contribution in [3.63, 3.8) is 0 Å². The van der Waals surface area contributed by atoms with Crippen LogP contribution in [0.2, 0.25) is 0 Å². The van der Waals surface area contributed by atoms with E-state index < -0.39 is 39.2 Å². The molecule has 33 heavy (non-hydrogen) atoms. The first-order chi connectivity index (χ1) is 14.8. The fourth-order valence-corrected chi connectivity index (χ4v) is 3.22. The maximum atomic E-state index is 13.0. The van der Waals surface area contributed by atoms with Crippen molar-refractivity contribution in [1.82, 2.24) is 0 Å². The number of esters is 3. The second-order valence-corrected chi connectivity index (χ2v) is 9.51. The molecule has 0 heterocycles. The second-order valence-electron chi connectivity index (χ2n) is 7.93. The van der Waals surface area contributed by atoms with Crippen molar-refractivity contribution >= 4 is 51.1 Å². The number of rotatable bonds is 17. The SMILES string of the molecule is C=C(C)C(=O)OCC(CCCCCC)(COC(=O)C(=C)C)C(=O)OCCCCS(=O)(=O)O.[H-].[H-].[Mg+2]. The Morgan fingerprint density at radius 3 is 1.82 bits per heavy atom. The van der Waals surface area contributed by atoms with Crippen LogP contribution in [0.25, 0.3) is 0 Å². The van der Waals surface area contributed by atoms with E-state index in [9.17, 15) is 22.8 Å². The molecule has 0 radical (unpaired) electrons. The van der Waals surface area contributed by atoms with Crippen LogP contribution >= 0.6 is 0 Å². The quantitative estimate of drug-likeness (QED) is 0.0794. The predicted octanol–water partition coefficient (Wildman–Crippen LogP) is 3.24. The van der Waals surface area contributed by atoms with E-state index in [1.165, 1.54) is 13.8 Å². The molecule has 0 aromatic rings. The first kappa shape index (κ1) is 33.7. The number of hydrogen-bond acceptors (Lipinski definition) is 8. The van der Waals surface area contributed by atoms with Gasteiger partial charge in [-0.15, -0.1) is 0 Å². The van der Waals surface area contributed by atoms with Gasteiger partial charge in [-0.25, -0.2) is 9.59 Å². The third-order valence-electron chi connectivity index (χ3n) is 4.63. The van der Waals surface area contributed by atoms with Crippen LogP contribution < -0.4 is 0 Å². The number of ether oxygens (including phenoxy) is 3. The van der Waals surface area contributed by atoms with E-state index in [4.69, 9.17) is 18.8 Å². The van der Waals surface area contributed by atoms with Gasteiger partial charge in [0.2, 0.25) is 0 Å². The van der Waals surface area contributed by atoms with Crippen LogP contribution in [-0.4, -0.2) is 79.5 Å². The molecule has 0 bridgehead atoms. The average Bonchev–Trinajstić information content (AvgIpc) is 2.70. The van der Waals surface area contributed by atoms with Crippen LogP contribution in [-0.2, 0) is 38.7 Å². The summed E-state index contributed by atoms with van der Waals surface area (Å²) in [4.78, 5) is 36.9. The molecule has 9 nitrogen and oxygen atoms in total. The molecule has 0 saturated carbocycles. The van der Waals surface area contributed by atoms with Crippen molar-refractivity contribution in [2.24, 2.45) is 5.41 Å². The standard InChI is InChI=1S/C22H36O9S.Mg.2H/c1-6-7-8-9-12-22(15-30-19(23)17(2)3,16-31-20(24)18(4)5)21(25)29-13-10-11-14-32(26,27)28;;;/h2,4,6-16H2,1,3,5H3,(H,26,27,28);;;/q;+2;2*-1. The Labute approximate surface area is 216 Å². The van der Waals surface area contributed by atoms with Gasteiger partial charge < -0.3 is 17.1 Å². The summed E-state index contributed by atoms with van der Waals surface area (Å²) in [6, 6.07) is 0. The normalized spacial score (nSPS) is 11.2. The van der Waals surface area contributed by atoms with Crippen LogP contribution in [0.3, 0.4) is 0 Å². The summed E-state index contributed by atoms with van der Waals surface area (Å²) in [6.45, 7) is 11.2. The predicted molar refractivity (Wildman–Crippen MR) is 127 cm³/mol. The van der Waals surface area contributed by atoms with Crippen molar-refractivity contribution in [1.29, 1.82) is 0 Å². The maximum Gasteiger partial charge on any atom is 2.00 e. The Kier molecular flexibility index (Phi) is 17.4. The Morgan fingerprint density at radius 1 is 0.879 bits per heavy atom. The fourth-order valence-electron chi connectivity index (χ4n) is 2.65. The smallest absolute Gasteiger partial charge is 1.00 e. The minimum absolute atomic E-state index is 0. The zero-order valence-corrected chi connectivity index (χ0v) is 22.3. The molecular weight excluding hydrogens is 465 g/mol. The topological polar surface area (TPSA) is 133 Å². The third kappa shape index (κ3) is 15.2. The number of hydrogen-bond donors (Lipinski definition) is 1. The van der Waals surface area contributed by atoms with Gasteiger partial charge in [0.25, 0.3) is 10.1 Å². The molecular formula is C22H38MgO9S. The zero-order chi connectivity index (χ0) is 24.8. The van der Waals surface area contributed by atoms with Gasteiger partial charge in [-0.3, -0.25) is 9.35 Å². The molecule has 0 rings (SSSR count). The minimum atomic E-state index is -4.10. The molecule has 0 aliphatic heterocycles. The molecule has 0 spiro atoms. The molecule has 0 amide bonds. The van der Waals surface area contributed by atoms with Crippen LogP contribution in [0, 0.1) is 5.41 Å². The zero-order valence-electron chi connectivity index (χ0n) is 22.0. The van der Waals surface area contributed by atoms with Crippen LogP contribution in [0.5, 0.6) is 0 Å². The molecule has 0 fully saturated rings. The second kappa shape index (κ2) is 17.1. The van der Waals surface area contributed by atoms with E-state index in [2.05, 4.69) is 13.2 Å². The Morgan fingerprint density at radius 2 is 1.39 bits per heavy atom. The van der Waals surface area contributed by atoms with E-state index in [0.29, 0.717) is 6.42 Å². The molecule has 0 atom stereocenters. The monoisotopic (exact) mass is 502 g/mol. The van der Waals surface area contributed by atoms with E-state index in [-0.39, 0.29) is 76.1 Å². The first-order valence-electron chi connectivity index (χ1n) is 10.6. The van der Waals surface area contributed by atoms with E-state index in [0.717, 1.165) is 19.3 Å². The van der Waals surface area contributed by atoms with Gasteiger partial charge in [0.05, 0.1) is 12.4 Å². The van der Waals surface area contributed by atoms with Crippen molar-refractivity contribution in [2.75, 3.05) is 25.6 Å². The number of carbonyl (C=O) groups excluding carboxylic acids is 3. The summed E-state index contributed by atoms with van der Waals surface area (Å²) in [7, 11) is -4.10. The molecule has 0 aromatic carbocycles. The summed E-state index contributed by atoms with van der Waals surface area (Å²) in [5, 5.41) is 0. The van der Waals surface area contributed by atoms with E-state index in [1.54, 1.807) is 0 Å². The molecule has 0 saturated heterocycles. The van der Waals surface area contributed by atoms with Crippen LogP contribution in [0.4, 0.5) is 0 Å². The molecule has 0 aliphatic carbocycles. The Hall–Kier alpha value is -1.43. The summed E-state index contributed by atoms with van der Waals surface area (Å²) in [5.74, 6) is -2.53. The summed E-state index contributed by atoms with van der Waals surface area (Å²) in [5.41, 5.74) is -1.11. The first-order valence-corrected chi connectivity index (χ1v) is 12.2. The minimum Gasteiger partial charge on any atom is -1.00 e. The molecule has 0 unspecified atom stereocenters. The molecule has 0 aromatic heterocycles.